The van der Waals surface area contributed by atoms with Gasteiger partial charge in [-0.15, -0.1) is 11.3 Å². The number of nitrogens with one attached hydrogen (secondary N) is 1. The van der Waals surface area contributed by atoms with E-state index in [1.165, 1.54) is 4.88 Å². The van der Waals surface area contributed by atoms with E-state index in [0.29, 0.717) is 12.1 Å². The molecule has 4 rings (SSSR count). The molecule has 0 unspecified atom stereocenters. The number of carbonyl (C=O) groups excluding carboxylic acids is 1. The number of benzene rings is 1. The quantitative estimate of drug-likeness (QED) is 0.469. The highest BCUT2D eigenvalue weighted by atomic mass is 79.9. The Bertz CT molecular complexity index is 1040. The van der Waals surface area contributed by atoms with Crippen molar-refractivity contribution in [1.29, 1.82) is 0 Å². The molecule has 0 spiro atoms. The SMILES string of the molecule is COc1ccc(Br)c(C=Nc2sc3c(c2C(=O)NCc2ccco2)CCCC3)c1. The lowest BCUT2D eigenvalue weighted by Gasteiger charge is -2.12. The highest BCUT2D eigenvalue weighted by Crippen LogP contribution is 2.40. The maximum Gasteiger partial charge on any atom is 0.255 e. The average molecular weight is 473 g/mol. The van der Waals surface area contributed by atoms with E-state index >= 15 is 0 Å². The molecule has 0 aliphatic heterocycles. The second-order valence-electron chi connectivity index (χ2n) is 6.80. The summed E-state index contributed by atoms with van der Waals surface area (Å²) >= 11 is 5.17. The van der Waals surface area contributed by atoms with E-state index in [2.05, 4.69) is 21.2 Å². The summed E-state index contributed by atoms with van der Waals surface area (Å²) < 4.78 is 11.6. The molecule has 1 aromatic carbocycles. The third kappa shape index (κ3) is 4.46. The number of aliphatic imine (C=N–C) groups is 1. The van der Waals surface area contributed by atoms with Gasteiger partial charge in [0, 0.05) is 21.1 Å². The number of amides is 1. The lowest BCUT2D eigenvalue weighted by molar-refractivity contribution is 0.0948. The number of aryl methyl sites for hydroxylation is 1. The Labute approximate surface area is 181 Å². The molecule has 0 atom stereocenters. The lowest BCUT2D eigenvalue weighted by Crippen LogP contribution is -2.23. The van der Waals surface area contributed by atoms with Gasteiger partial charge in [0.2, 0.25) is 0 Å². The molecule has 1 aliphatic rings. The summed E-state index contributed by atoms with van der Waals surface area (Å²) in [5.41, 5.74) is 2.75. The van der Waals surface area contributed by atoms with Crippen molar-refractivity contribution in [3.63, 3.8) is 0 Å². The van der Waals surface area contributed by atoms with Gasteiger partial charge in [0.15, 0.2) is 0 Å². The molecule has 2 aromatic heterocycles. The van der Waals surface area contributed by atoms with Crippen molar-refractivity contribution in [1.82, 2.24) is 5.32 Å². The molecule has 29 heavy (non-hydrogen) atoms. The van der Waals surface area contributed by atoms with Crippen LogP contribution in [0.25, 0.3) is 0 Å². The minimum absolute atomic E-state index is 0.0994. The van der Waals surface area contributed by atoms with Gasteiger partial charge in [0.25, 0.3) is 5.91 Å². The van der Waals surface area contributed by atoms with E-state index in [4.69, 9.17) is 14.1 Å². The molecule has 7 heteroatoms. The van der Waals surface area contributed by atoms with Crippen LogP contribution in [-0.2, 0) is 19.4 Å². The van der Waals surface area contributed by atoms with Gasteiger partial charge in [-0.05, 0) is 61.6 Å². The highest BCUT2D eigenvalue weighted by Gasteiger charge is 2.25. The van der Waals surface area contributed by atoms with Crippen molar-refractivity contribution in [3.8, 4) is 5.75 Å². The second-order valence-corrected chi connectivity index (χ2v) is 8.74. The summed E-state index contributed by atoms with van der Waals surface area (Å²) in [5.74, 6) is 1.39. The van der Waals surface area contributed by atoms with Crippen LogP contribution in [0.5, 0.6) is 5.75 Å². The Balaban J connectivity index is 1.64. The van der Waals surface area contributed by atoms with Crippen LogP contribution in [0.2, 0.25) is 0 Å². The van der Waals surface area contributed by atoms with Crippen LogP contribution < -0.4 is 10.1 Å². The van der Waals surface area contributed by atoms with Crippen LogP contribution >= 0.6 is 27.3 Å². The molecular formula is C22H21BrN2O3S. The second kappa shape index (κ2) is 8.97. The molecule has 0 bridgehead atoms. The first kappa shape index (κ1) is 19.9. The Morgan fingerprint density at radius 1 is 1.34 bits per heavy atom. The fourth-order valence-electron chi connectivity index (χ4n) is 3.42. The van der Waals surface area contributed by atoms with Crippen molar-refractivity contribution in [3.05, 3.63) is 68.4 Å². The van der Waals surface area contributed by atoms with Crippen molar-refractivity contribution in [2.24, 2.45) is 4.99 Å². The molecule has 0 saturated carbocycles. The molecule has 3 aromatic rings. The first-order chi connectivity index (χ1) is 14.2. The summed E-state index contributed by atoms with van der Waals surface area (Å²) in [4.78, 5) is 19.0. The molecular weight excluding hydrogens is 452 g/mol. The van der Waals surface area contributed by atoms with Gasteiger partial charge in [-0.2, -0.15) is 0 Å². The van der Waals surface area contributed by atoms with E-state index in [9.17, 15) is 4.79 Å². The zero-order chi connectivity index (χ0) is 20.2. The number of hydrogen-bond acceptors (Lipinski definition) is 5. The number of thiophene rings is 1. The molecule has 2 heterocycles. The van der Waals surface area contributed by atoms with E-state index in [1.54, 1.807) is 30.9 Å². The molecule has 0 radical (unpaired) electrons. The van der Waals surface area contributed by atoms with Gasteiger partial charge in [0.1, 0.15) is 16.5 Å². The maximum absolute atomic E-state index is 13.0. The van der Waals surface area contributed by atoms with E-state index in [1.807, 2.05) is 30.3 Å². The van der Waals surface area contributed by atoms with Crippen LogP contribution in [0.4, 0.5) is 5.00 Å². The van der Waals surface area contributed by atoms with Crippen LogP contribution in [0.3, 0.4) is 0 Å². The van der Waals surface area contributed by atoms with Gasteiger partial charge < -0.3 is 14.5 Å². The van der Waals surface area contributed by atoms with Crippen molar-refractivity contribution >= 4 is 44.4 Å². The number of carbonyl (C=O) groups is 1. The van der Waals surface area contributed by atoms with E-state index in [-0.39, 0.29) is 5.91 Å². The minimum atomic E-state index is -0.0994. The van der Waals surface area contributed by atoms with Crippen LogP contribution in [0.15, 0.2) is 50.5 Å². The third-order valence-electron chi connectivity index (χ3n) is 4.91. The normalized spacial score (nSPS) is 13.4. The fourth-order valence-corrected chi connectivity index (χ4v) is 5.00. The number of rotatable bonds is 6. The Hall–Kier alpha value is -2.38. The summed E-state index contributed by atoms with van der Waals surface area (Å²) in [5, 5.41) is 3.73. The molecule has 1 amide bonds. The summed E-state index contributed by atoms with van der Waals surface area (Å²) in [6, 6.07) is 9.39. The number of furan rings is 1. The first-order valence-corrected chi connectivity index (χ1v) is 11.1. The van der Waals surface area contributed by atoms with Crippen molar-refractivity contribution in [2.75, 3.05) is 7.11 Å². The number of ether oxygens (including phenoxy) is 1. The zero-order valence-electron chi connectivity index (χ0n) is 16.0. The summed E-state index contributed by atoms with van der Waals surface area (Å²) in [6.45, 7) is 0.362. The first-order valence-electron chi connectivity index (χ1n) is 9.48. The summed E-state index contributed by atoms with van der Waals surface area (Å²) in [7, 11) is 1.64. The van der Waals surface area contributed by atoms with Gasteiger partial charge in [-0.3, -0.25) is 4.79 Å². The molecule has 0 fully saturated rings. The van der Waals surface area contributed by atoms with Gasteiger partial charge in [0.05, 0.1) is 25.5 Å². The summed E-state index contributed by atoms with van der Waals surface area (Å²) in [6.07, 6.45) is 7.59. The van der Waals surface area contributed by atoms with E-state index in [0.717, 1.165) is 57.8 Å². The average Bonchev–Trinajstić information content (AvgIpc) is 3.39. The highest BCUT2D eigenvalue weighted by molar-refractivity contribution is 9.10. The topological polar surface area (TPSA) is 63.8 Å². The minimum Gasteiger partial charge on any atom is -0.497 e. The smallest absolute Gasteiger partial charge is 0.255 e. The Kier molecular flexibility index (Phi) is 6.16. The van der Waals surface area contributed by atoms with Crippen LogP contribution in [-0.4, -0.2) is 19.2 Å². The zero-order valence-corrected chi connectivity index (χ0v) is 18.4. The van der Waals surface area contributed by atoms with Gasteiger partial charge in [-0.1, -0.05) is 15.9 Å². The maximum atomic E-state index is 13.0. The van der Waals surface area contributed by atoms with E-state index < -0.39 is 0 Å². The number of nitrogens with zero attached hydrogens (tertiary/aromatic N) is 1. The molecule has 1 N–H and O–H groups in total. The predicted molar refractivity (Wildman–Crippen MR) is 119 cm³/mol. The fraction of sp³-hybridized carbons (Fsp3) is 0.273. The third-order valence-corrected chi connectivity index (χ3v) is 6.83. The standard InChI is InChI=1S/C22H21BrN2O3S/c1-27-15-8-9-18(23)14(11-15)12-25-22-20(17-6-2-3-7-19(17)29-22)21(26)24-13-16-5-4-10-28-16/h4-5,8-12H,2-3,6-7,13H2,1H3,(H,24,26). The Morgan fingerprint density at radius 3 is 3.00 bits per heavy atom. The number of hydrogen-bond donors (Lipinski definition) is 1. The van der Waals surface area contributed by atoms with Crippen LogP contribution in [0, 0.1) is 0 Å². The monoisotopic (exact) mass is 472 g/mol. The van der Waals surface area contributed by atoms with Crippen LogP contribution in [0.1, 0.15) is 45.0 Å². The number of fused-ring (bicyclic) bond motifs is 1. The Morgan fingerprint density at radius 2 is 2.21 bits per heavy atom. The predicted octanol–water partition coefficient (Wildman–Crippen LogP) is 5.67. The number of methoxy groups -OCH3 is 1. The molecule has 150 valence electrons. The lowest BCUT2D eigenvalue weighted by atomic mass is 9.95. The molecule has 5 nitrogen and oxygen atoms in total. The molecule has 1 aliphatic carbocycles. The largest absolute Gasteiger partial charge is 0.497 e. The van der Waals surface area contributed by atoms with Gasteiger partial charge in [-0.25, -0.2) is 4.99 Å². The van der Waals surface area contributed by atoms with Crippen molar-refractivity contribution in [2.45, 2.75) is 32.2 Å². The van der Waals surface area contributed by atoms with Gasteiger partial charge >= 0.3 is 0 Å². The number of halogens is 1. The molecule has 0 saturated heterocycles. The van der Waals surface area contributed by atoms with Crippen molar-refractivity contribution < 1.29 is 13.9 Å².